The monoisotopic (exact) mass is 379 g/mol. The van der Waals surface area contributed by atoms with Crippen LogP contribution in [0.2, 0.25) is 10.0 Å². The van der Waals surface area contributed by atoms with Gasteiger partial charge in [0.1, 0.15) is 0 Å². The van der Waals surface area contributed by atoms with Gasteiger partial charge in [0.15, 0.2) is 16.4 Å². The van der Waals surface area contributed by atoms with Crippen molar-refractivity contribution in [2.24, 2.45) is 0 Å². The molecule has 0 spiro atoms. The topological polar surface area (TPSA) is 80.8 Å². The zero-order valence-electron chi connectivity index (χ0n) is 12.3. The summed E-state index contributed by atoms with van der Waals surface area (Å²) in [5, 5.41) is 0.266. The molecule has 2 rings (SSSR count). The molecule has 126 valence electrons. The minimum atomic E-state index is -3.09. The lowest BCUT2D eigenvalue weighted by atomic mass is 10.2. The molecule has 0 bridgehead atoms. The van der Waals surface area contributed by atoms with Gasteiger partial charge in [-0.25, -0.2) is 13.2 Å². The second-order valence-corrected chi connectivity index (χ2v) is 8.25. The average molecular weight is 380 g/mol. The van der Waals surface area contributed by atoms with Crippen molar-refractivity contribution in [2.45, 2.75) is 12.5 Å². The lowest BCUT2D eigenvalue weighted by Crippen LogP contribution is -2.40. The fourth-order valence-electron chi connectivity index (χ4n) is 2.25. The van der Waals surface area contributed by atoms with Gasteiger partial charge < -0.3 is 9.64 Å². The van der Waals surface area contributed by atoms with E-state index in [4.69, 9.17) is 27.9 Å². The Morgan fingerprint density at radius 3 is 2.65 bits per heavy atom. The summed E-state index contributed by atoms with van der Waals surface area (Å²) in [6.45, 7) is -0.491. The van der Waals surface area contributed by atoms with Crippen molar-refractivity contribution in [3.05, 3.63) is 33.8 Å². The number of halogens is 2. The first-order chi connectivity index (χ1) is 10.7. The van der Waals surface area contributed by atoms with Gasteiger partial charge >= 0.3 is 5.97 Å². The van der Waals surface area contributed by atoms with Crippen LogP contribution in [0.1, 0.15) is 16.8 Å². The molecule has 1 saturated heterocycles. The molecule has 1 fully saturated rings. The number of hydrogen-bond donors (Lipinski definition) is 0. The van der Waals surface area contributed by atoms with E-state index in [1.54, 1.807) is 6.07 Å². The highest BCUT2D eigenvalue weighted by molar-refractivity contribution is 7.91. The first-order valence-electron chi connectivity index (χ1n) is 6.78. The minimum absolute atomic E-state index is 0.0573. The van der Waals surface area contributed by atoms with Crippen molar-refractivity contribution in [1.29, 1.82) is 0 Å². The van der Waals surface area contributed by atoms with Crippen LogP contribution in [0.5, 0.6) is 0 Å². The minimum Gasteiger partial charge on any atom is -0.452 e. The van der Waals surface area contributed by atoms with Gasteiger partial charge in [-0.15, -0.1) is 0 Å². The fourth-order valence-corrected chi connectivity index (χ4v) is 4.40. The average Bonchev–Trinajstić information content (AvgIpc) is 2.86. The Bertz CT molecular complexity index is 735. The lowest BCUT2D eigenvalue weighted by molar-refractivity contribution is -0.134. The van der Waals surface area contributed by atoms with E-state index in [9.17, 15) is 18.0 Å². The molecule has 1 atom stereocenters. The molecule has 9 heteroatoms. The zero-order chi connectivity index (χ0) is 17.2. The number of ether oxygens (including phenoxy) is 1. The van der Waals surface area contributed by atoms with Crippen LogP contribution >= 0.6 is 23.2 Å². The lowest BCUT2D eigenvalue weighted by Gasteiger charge is -2.23. The summed E-state index contributed by atoms with van der Waals surface area (Å²) in [5.41, 5.74) is 0.0677. The summed E-state index contributed by atoms with van der Waals surface area (Å²) < 4.78 is 27.8. The molecule has 1 aliphatic heterocycles. The maximum atomic E-state index is 12.0. The quantitative estimate of drug-likeness (QED) is 0.744. The highest BCUT2D eigenvalue weighted by Gasteiger charge is 2.33. The van der Waals surface area contributed by atoms with Crippen LogP contribution in [0.4, 0.5) is 0 Å². The van der Waals surface area contributed by atoms with E-state index in [0.29, 0.717) is 6.42 Å². The summed E-state index contributed by atoms with van der Waals surface area (Å²) in [7, 11) is -1.60. The molecule has 23 heavy (non-hydrogen) atoms. The van der Waals surface area contributed by atoms with Crippen LogP contribution in [0.15, 0.2) is 18.2 Å². The first-order valence-corrected chi connectivity index (χ1v) is 9.36. The largest absolute Gasteiger partial charge is 0.452 e. The Balaban J connectivity index is 1.94. The second-order valence-electron chi connectivity index (χ2n) is 5.24. The fraction of sp³-hybridized carbons (Fsp3) is 0.429. The van der Waals surface area contributed by atoms with E-state index in [0.717, 1.165) is 0 Å². The third kappa shape index (κ3) is 4.37. The SMILES string of the molecule is CN(C(=O)COC(=O)c1cccc(Cl)c1Cl)[C@H]1CCS(=O)(=O)C1. The number of rotatable bonds is 4. The maximum absolute atomic E-state index is 12.0. The van der Waals surface area contributed by atoms with E-state index in [1.165, 1.54) is 24.1 Å². The summed E-state index contributed by atoms with van der Waals surface area (Å²) in [4.78, 5) is 25.3. The van der Waals surface area contributed by atoms with Gasteiger partial charge in [-0.2, -0.15) is 0 Å². The Morgan fingerprint density at radius 1 is 1.35 bits per heavy atom. The molecule has 0 N–H and O–H groups in total. The number of amides is 1. The molecule has 0 saturated carbocycles. The van der Waals surface area contributed by atoms with Crippen molar-refractivity contribution in [3.63, 3.8) is 0 Å². The molecule has 1 heterocycles. The summed E-state index contributed by atoms with van der Waals surface area (Å²) in [6.07, 6.45) is 0.388. The Kier molecular flexibility index (Phi) is 5.54. The Hall–Kier alpha value is -1.31. The van der Waals surface area contributed by atoms with Crippen LogP contribution < -0.4 is 0 Å². The van der Waals surface area contributed by atoms with Crippen LogP contribution in [-0.2, 0) is 19.4 Å². The third-order valence-corrected chi connectivity index (χ3v) is 6.22. The number of esters is 1. The maximum Gasteiger partial charge on any atom is 0.340 e. The predicted molar refractivity (Wildman–Crippen MR) is 86.6 cm³/mol. The van der Waals surface area contributed by atoms with Gasteiger partial charge in [0.05, 0.1) is 27.1 Å². The molecule has 1 aromatic carbocycles. The number of carbonyl (C=O) groups is 2. The Morgan fingerprint density at radius 2 is 2.04 bits per heavy atom. The molecule has 6 nitrogen and oxygen atoms in total. The van der Waals surface area contributed by atoms with Gasteiger partial charge in [0.25, 0.3) is 5.91 Å². The van der Waals surface area contributed by atoms with Gasteiger partial charge in [0, 0.05) is 13.1 Å². The normalized spacial score (nSPS) is 19.3. The number of likely N-dealkylation sites (N-methyl/N-ethyl adjacent to an activating group) is 1. The van der Waals surface area contributed by atoms with Gasteiger partial charge in [-0.05, 0) is 18.6 Å². The van der Waals surface area contributed by atoms with Gasteiger partial charge in [-0.3, -0.25) is 4.79 Å². The van der Waals surface area contributed by atoms with E-state index < -0.39 is 28.3 Å². The number of benzene rings is 1. The van der Waals surface area contributed by atoms with Crippen LogP contribution in [0.25, 0.3) is 0 Å². The van der Waals surface area contributed by atoms with Gasteiger partial charge in [-0.1, -0.05) is 29.3 Å². The third-order valence-electron chi connectivity index (χ3n) is 3.65. The van der Waals surface area contributed by atoms with Crippen molar-refractivity contribution in [1.82, 2.24) is 4.90 Å². The molecule has 1 aromatic rings. The summed E-state index contributed by atoms with van der Waals surface area (Å²) in [5.74, 6) is -1.24. The molecule has 0 aromatic heterocycles. The molecular weight excluding hydrogens is 365 g/mol. The van der Waals surface area contributed by atoms with Crippen LogP contribution in [0.3, 0.4) is 0 Å². The number of carbonyl (C=O) groups excluding carboxylic acids is 2. The molecule has 0 unspecified atom stereocenters. The standard InChI is InChI=1S/C14H15Cl2NO5S/c1-17(9-5-6-23(20,21)8-9)12(18)7-22-14(19)10-3-2-4-11(15)13(10)16/h2-4,9H,5-8H2,1H3/t9-/m0/s1. The number of nitrogens with zero attached hydrogens (tertiary/aromatic N) is 1. The van der Waals surface area contributed by atoms with E-state index in [2.05, 4.69) is 0 Å². The zero-order valence-corrected chi connectivity index (χ0v) is 14.6. The number of hydrogen-bond acceptors (Lipinski definition) is 5. The second kappa shape index (κ2) is 7.07. The molecule has 1 aliphatic rings. The van der Waals surface area contributed by atoms with E-state index in [1.807, 2.05) is 0 Å². The molecule has 0 radical (unpaired) electrons. The van der Waals surface area contributed by atoms with Crippen LogP contribution in [0, 0.1) is 0 Å². The van der Waals surface area contributed by atoms with E-state index >= 15 is 0 Å². The highest BCUT2D eigenvalue weighted by Crippen LogP contribution is 2.26. The molecule has 1 amide bonds. The van der Waals surface area contributed by atoms with Gasteiger partial charge in [0.2, 0.25) is 0 Å². The molecule has 0 aliphatic carbocycles. The Labute approximate surface area is 144 Å². The summed E-state index contributed by atoms with van der Waals surface area (Å²) >= 11 is 11.7. The van der Waals surface area contributed by atoms with Crippen molar-refractivity contribution in [2.75, 3.05) is 25.2 Å². The predicted octanol–water partition coefficient (Wildman–Crippen LogP) is 1.80. The van der Waals surface area contributed by atoms with E-state index in [-0.39, 0.29) is 33.2 Å². The smallest absolute Gasteiger partial charge is 0.340 e. The van der Waals surface area contributed by atoms with Crippen molar-refractivity contribution in [3.8, 4) is 0 Å². The van der Waals surface area contributed by atoms with Crippen LogP contribution in [-0.4, -0.2) is 56.4 Å². The highest BCUT2D eigenvalue weighted by atomic mass is 35.5. The summed E-state index contributed by atoms with van der Waals surface area (Å²) in [6, 6.07) is 4.12. The number of sulfone groups is 1. The van der Waals surface area contributed by atoms with Crippen molar-refractivity contribution < 1.29 is 22.7 Å². The van der Waals surface area contributed by atoms with Crippen molar-refractivity contribution >= 4 is 44.9 Å². The molecular formula is C14H15Cl2NO5S. The first kappa shape index (κ1) is 18.0.